The van der Waals surface area contributed by atoms with Gasteiger partial charge in [0.1, 0.15) is 17.9 Å². The van der Waals surface area contributed by atoms with E-state index in [9.17, 15) is 4.79 Å². The van der Waals surface area contributed by atoms with Crippen molar-refractivity contribution in [3.63, 3.8) is 0 Å². The summed E-state index contributed by atoms with van der Waals surface area (Å²) in [7, 11) is 0. The largest absolute Gasteiger partial charge is 0.489 e. The summed E-state index contributed by atoms with van der Waals surface area (Å²) in [6.45, 7) is 7.38. The number of nitrogens with one attached hydrogen (secondary N) is 1. The summed E-state index contributed by atoms with van der Waals surface area (Å²) in [6, 6.07) is 9.85. The monoisotopic (exact) mass is 338 g/mol. The number of carbonyl (C=O) groups is 1. The summed E-state index contributed by atoms with van der Waals surface area (Å²) in [5.74, 6) is 0.595. The zero-order valence-electron chi connectivity index (χ0n) is 14.7. The Morgan fingerprint density at radius 2 is 2.08 bits per heavy atom. The Hall–Kier alpha value is -2.89. The van der Waals surface area contributed by atoms with Gasteiger partial charge in [-0.3, -0.25) is 9.48 Å². The maximum absolute atomic E-state index is 12.2. The van der Waals surface area contributed by atoms with E-state index >= 15 is 0 Å². The molecule has 0 aliphatic heterocycles. The third-order valence-corrected chi connectivity index (χ3v) is 4.11. The number of hydrogen-bond acceptors (Lipinski definition) is 4. The molecule has 0 saturated heterocycles. The molecule has 3 aromatic rings. The van der Waals surface area contributed by atoms with Crippen LogP contribution >= 0.6 is 0 Å². The number of nitrogens with zero attached hydrogens (tertiary/aromatic N) is 3. The molecule has 2 aromatic heterocycles. The van der Waals surface area contributed by atoms with Crippen molar-refractivity contribution in [3.05, 3.63) is 53.5 Å². The minimum atomic E-state index is -0.132. The van der Waals surface area contributed by atoms with E-state index in [-0.39, 0.29) is 5.91 Å². The van der Waals surface area contributed by atoms with Gasteiger partial charge < -0.3 is 10.1 Å². The van der Waals surface area contributed by atoms with E-state index in [1.54, 1.807) is 10.9 Å². The molecule has 1 amide bonds. The molecule has 0 spiro atoms. The van der Waals surface area contributed by atoms with E-state index in [1.807, 2.05) is 51.1 Å². The summed E-state index contributed by atoms with van der Waals surface area (Å²) < 4.78 is 7.62. The highest BCUT2D eigenvalue weighted by Gasteiger charge is 2.13. The van der Waals surface area contributed by atoms with Crippen molar-refractivity contribution in [2.75, 3.05) is 13.2 Å². The van der Waals surface area contributed by atoms with E-state index in [4.69, 9.17) is 4.74 Å². The predicted molar refractivity (Wildman–Crippen MR) is 96.9 cm³/mol. The Labute approximate surface area is 146 Å². The van der Waals surface area contributed by atoms with E-state index in [0.29, 0.717) is 18.7 Å². The van der Waals surface area contributed by atoms with Crippen LogP contribution in [-0.2, 0) is 6.54 Å². The first-order valence-corrected chi connectivity index (χ1v) is 8.40. The summed E-state index contributed by atoms with van der Waals surface area (Å²) in [5, 5.41) is 8.10. The molecule has 0 unspecified atom stereocenters. The van der Waals surface area contributed by atoms with Crippen LogP contribution in [0.3, 0.4) is 0 Å². The molecule has 130 valence electrons. The van der Waals surface area contributed by atoms with Gasteiger partial charge in [0.05, 0.1) is 18.3 Å². The van der Waals surface area contributed by atoms with Gasteiger partial charge in [-0.05, 0) is 32.9 Å². The van der Waals surface area contributed by atoms with Gasteiger partial charge in [-0.15, -0.1) is 0 Å². The Morgan fingerprint density at radius 1 is 1.24 bits per heavy atom. The molecule has 1 aromatic carbocycles. The van der Waals surface area contributed by atoms with Gasteiger partial charge in [-0.1, -0.05) is 18.2 Å². The second-order valence-corrected chi connectivity index (χ2v) is 5.84. The van der Waals surface area contributed by atoms with Crippen LogP contribution in [0, 0.1) is 13.8 Å². The van der Waals surface area contributed by atoms with Crippen LogP contribution in [-0.4, -0.2) is 33.8 Å². The highest BCUT2D eigenvalue weighted by Crippen LogP contribution is 2.23. The number of rotatable bonds is 6. The lowest BCUT2D eigenvalue weighted by molar-refractivity contribution is 0.0946. The standard InChI is InChI=1S/C19H22N4O2/c1-4-23-14(3)16(12-21-23)19(24)20-10-11-25-17-7-5-6-15-9-8-13(2)22-18(15)17/h5-9,12H,4,10-11H2,1-3H3,(H,20,24). The average molecular weight is 338 g/mol. The van der Waals surface area contributed by atoms with Crippen molar-refractivity contribution in [1.29, 1.82) is 0 Å². The van der Waals surface area contributed by atoms with Crippen LogP contribution < -0.4 is 10.1 Å². The van der Waals surface area contributed by atoms with Crippen molar-refractivity contribution < 1.29 is 9.53 Å². The Balaban J connectivity index is 1.59. The third-order valence-electron chi connectivity index (χ3n) is 4.11. The molecule has 0 aliphatic carbocycles. The highest BCUT2D eigenvalue weighted by atomic mass is 16.5. The molecule has 0 radical (unpaired) electrons. The Morgan fingerprint density at radius 3 is 2.84 bits per heavy atom. The third kappa shape index (κ3) is 3.63. The van der Waals surface area contributed by atoms with Crippen LogP contribution in [0.15, 0.2) is 36.5 Å². The topological polar surface area (TPSA) is 69.0 Å². The van der Waals surface area contributed by atoms with Crippen LogP contribution in [0.4, 0.5) is 0 Å². The van der Waals surface area contributed by atoms with Gasteiger partial charge in [-0.2, -0.15) is 5.10 Å². The molecule has 0 fully saturated rings. The summed E-state index contributed by atoms with van der Waals surface area (Å²) in [4.78, 5) is 16.8. The number of pyridine rings is 1. The number of carbonyl (C=O) groups excluding carboxylic acids is 1. The Kier molecular flexibility index (Phi) is 4.97. The first-order valence-electron chi connectivity index (χ1n) is 8.40. The van der Waals surface area contributed by atoms with E-state index < -0.39 is 0 Å². The smallest absolute Gasteiger partial charge is 0.254 e. The van der Waals surface area contributed by atoms with Gasteiger partial charge in [-0.25, -0.2) is 4.98 Å². The molecular formula is C19H22N4O2. The molecule has 2 heterocycles. The molecule has 0 atom stereocenters. The predicted octanol–water partition coefficient (Wildman–Crippen LogP) is 2.88. The van der Waals surface area contributed by atoms with Gasteiger partial charge in [0, 0.05) is 23.3 Å². The number of aryl methyl sites for hydroxylation is 2. The lowest BCUT2D eigenvalue weighted by Crippen LogP contribution is -2.28. The van der Waals surface area contributed by atoms with Gasteiger partial charge in [0.15, 0.2) is 0 Å². The summed E-state index contributed by atoms with van der Waals surface area (Å²) >= 11 is 0. The SMILES string of the molecule is CCn1ncc(C(=O)NCCOc2cccc3ccc(C)nc23)c1C. The number of hydrogen-bond donors (Lipinski definition) is 1. The fourth-order valence-electron chi connectivity index (χ4n) is 2.74. The van der Waals surface area contributed by atoms with Gasteiger partial charge >= 0.3 is 0 Å². The number of amides is 1. The fraction of sp³-hybridized carbons (Fsp3) is 0.316. The van der Waals surface area contributed by atoms with E-state index in [2.05, 4.69) is 15.4 Å². The van der Waals surface area contributed by atoms with Gasteiger partial charge in [0.2, 0.25) is 0 Å². The van der Waals surface area contributed by atoms with E-state index in [0.717, 1.165) is 34.6 Å². The van der Waals surface area contributed by atoms with E-state index in [1.165, 1.54) is 0 Å². The van der Waals surface area contributed by atoms with Crippen molar-refractivity contribution in [1.82, 2.24) is 20.1 Å². The maximum Gasteiger partial charge on any atom is 0.254 e. The second-order valence-electron chi connectivity index (χ2n) is 5.84. The zero-order chi connectivity index (χ0) is 17.8. The lowest BCUT2D eigenvalue weighted by atomic mass is 10.2. The van der Waals surface area contributed by atoms with Gasteiger partial charge in [0.25, 0.3) is 5.91 Å². The minimum Gasteiger partial charge on any atom is -0.489 e. The number of fused-ring (bicyclic) bond motifs is 1. The quantitative estimate of drug-likeness (QED) is 0.702. The fourth-order valence-corrected chi connectivity index (χ4v) is 2.74. The first kappa shape index (κ1) is 17.0. The molecule has 1 N–H and O–H groups in total. The van der Waals surface area contributed by atoms with Crippen LogP contribution in [0.5, 0.6) is 5.75 Å². The van der Waals surface area contributed by atoms with Crippen LogP contribution in [0.1, 0.15) is 28.7 Å². The molecule has 3 rings (SSSR count). The molecule has 0 bridgehead atoms. The molecular weight excluding hydrogens is 316 g/mol. The normalized spacial score (nSPS) is 10.8. The zero-order valence-corrected chi connectivity index (χ0v) is 14.7. The molecule has 6 heteroatoms. The molecule has 6 nitrogen and oxygen atoms in total. The number of benzene rings is 1. The lowest BCUT2D eigenvalue weighted by Gasteiger charge is -2.10. The highest BCUT2D eigenvalue weighted by molar-refractivity contribution is 5.95. The van der Waals surface area contributed by atoms with Crippen molar-refractivity contribution in [2.24, 2.45) is 0 Å². The van der Waals surface area contributed by atoms with Crippen molar-refractivity contribution in [2.45, 2.75) is 27.3 Å². The maximum atomic E-state index is 12.2. The number of para-hydroxylation sites is 1. The molecule has 0 aliphatic rings. The van der Waals surface area contributed by atoms with Crippen molar-refractivity contribution in [3.8, 4) is 5.75 Å². The van der Waals surface area contributed by atoms with Crippen molar-refractivity contribution >= 4 is 16.8 Å². The minimum absolute atomic E-state index is 0.132. The molecule has 0 saturated carbocycles. The molecule has 25 heavy (non-hydrogen) atoms. The first-order chi connectivity index (χ1) is 12.1. The van der Waals surface area contributed by atoms with Crippen LogP contribution in [0.2, 0.25) is 0 Å². The summed E-state index contributed by atoms with van der Waals surface area (Å²) in [5.41, 5.74) is 3.26. The number of ether oxygens (including phenoxy) is 1. The summed E-state index contributed by atoms with van der Waals surface area (Å²) in [6.07, 6.45) is 1.60. The Bertz CT molecular complexity index is 902. The average Bonchev–Trinajstić information content (AvgIpc) is 2.99. The van der Waals surface area contributed by atoms with Crippen LogP contribution in [0.25, 0.3) is 10.9 Å². The number of aromatic nitrogens is 3. The second kappa shape index (κ2) is 7.34.